The topological polar surface area (TPSA) is 111 Å². The van der Waals surface area contributed by atoms with Gasteiger partial charge >= 0.3 is 0 Å². The molecule has 2 aromatic rings. The van der Waals surface area contributed by atoms with Gasteiger partial charge in [-0.3, -0.25) is 4.79 Å². The van der Waals surface area contributed by atoms with E-state index < -0.39 is 15.9 Å². The highest BCUT2D eigenvalue weighted by Crippen LogP contribution is 2.14. The highest BCUT2D eigenvalue weighted by atomic mass is 35.5. The number of halogens is 1. The molecule has 0 saturated carbocycles. The van der Waals surface area contributed by atoms with Gasteiger partial charge in [0.15, 0.2) is 6.61 Å². The van der Waals surface area contributed by atoms with Crippen LogP contribution >= 0.6 is 11.6 Å². The summed E-state index contributed by atoms with van der Waals surface area (Å²) in [5.41, 5.74) is 5.61. The lowest BCUT2D eigenvalue weighted by Gasteiger charge is -2.04. The Morgan fingerprint density at radius 3 is 2.38 bits per heavy atom. The van der Waals surface area contributed by atoms with Crippen LogP contribution in [0.3, 0.4) is 0 Å². The largest absolute Gasteiger partial charge is 0.484 e. The van der Waals surface area contributed by atoms with Gasteiger partial charge in [-0.1, -0.05) is 11.6 Å². The molecule has 0 aromatic heterocycles. The fourth-order valence-electron chi connectivity index (χ4n) is 1.64. The van der Waals surface area contributed by atoms with Crippen molar-refractivity contribution in [3.63, 3.8) is 0 Å². The fraction of sp³-hybridized carbons (Fsp3) is 0.0667. The van der Waals surface area contributed by atoms with Crippen molar-refractivity contribution in [2.75, 3.05) is 6.61 Å². The van der Waals surface area contributed by atoms with Gasteiger partial charge in [-0.25, -0.2) is 4.83 Å². The Labute approximate surface area is 144 Å². The number of nitrogens with two attached hydrogens (primary N) is 1. The van der Waals surface area contributed by atoms with Crippen LogP contribution in [-0.4, -0.2) is 27.1 Å². The van der Waals surface area contributed by atoms with E-state index in [0.717, 1.165) is 0 Å². The van der Waals surface area contributed by atoms with Gasteiger partial charge in [-0.15, -0.1) is 0 Å². The van der Waals surface area contributed by atoms with Gasteiger partial charge < -0.3 is 10.5 Å². The van der Waals surface area contributed by atoms with Crippen LogP contribution in [0.5, 0.6) is 5.75 Å². The molecule has 0 unspecified atom stereocenters. The van der Waals surface area contributed by atoms with Crippen molar-refractivity contribution in [2.24, 2.45) is 10.8 Å². The van der Waals surface area contributed by atoms with Gasteiger partial charge in [0.25, 0.3) is 15.9 Å². The highest BCUT2D eigenvalue weighted by Gasteiger charge is 2.11. The summed E-state index contributed by atoms with van der Waals surface area (Å²) in [4.78, 5) is 12.8. The van der Waals surface area contributed by atoms with Crippen molar-refractivity contribution in [3.05, 3.63) is 59.1 Å². The number of hydrogen-bond donors (Lipinski definition) is 2. The van der Waals surface area contributed by atoms with Crippen molar-refractivity contribution >= 4 is 33.7 Å². The van der Waals surface area contributed by atoms with E-state index in [1.807, 2.05) is 0 Å². The molecule has 7 nitrogen and oxygen atoms in total. The summed E-state index contributed by atoms with van der Waals surface area (Å²) in [6.07, 6.45) is 1.34. The minimum absolute atomic E-state index is 0.0549. The van der Waals surface area contributed by atoms with Crippen LogP contribution in [0.15, 0.2) is 58.5 Å². The van der Waals surface area contributed by atoms with Gasteiger partial charge in [0, 0.05) is 5.02 Å². The number of amides is 1. The third-order valence-corrected chi connectivity index (χ3v) is 4.26. The second-order valence-corrected chi connectivity index (χ2v) is 6.73. The molecule has 24 heavy (non-hydrogen) atoms. The smallest absolute Gasteiger partial charge is 0.276 e. The summed E-state index contributed by atoms with van der Waals surface area (Å²) >= 11 is 5.72. The maximum absolute atomic E-state index is 12.0. The minimum atomic E-state index is -3.76. The van der Waals surface area contributed by atoms with E-state index in [9.17, 15) is 13.2 Å². The number of sulfonamides is 1. The molecule has 0 atom stereocenters. The Hall–Kier alpha value is -2.58. The fourth-order valence-corrected chi connectivity index (χ4v) is 2.56. The van der Waals surface area contributed by atoms with Crippen molar-refractivity contribution in [3.8, 4) is 5.75 Å². The van der Waals surface area contributed by atoms with E-state index >= 15 is 0 Å². The van der Waals surface area contributed by atoms with Crippen LogP contribution in [-0.2, 0) is 14.8 Å². The molecule has 0 aliphatic heterocycles. The molecule has 1 amide bonds. The number of ether oxygens (including phenoxy) is 1. The zero-order valence-electron chi connectivity index (χ0n) is 12.3. The van der Waals surface area contributed by atoms with Crippen LogP contribution in [0.25, 0.3) is 0 Å². The first-order valence-electron chi connectivity index (χ1n) is 6.68. The van der Waals surface area contributed by atoms with Crippen LogP contribution in [0.1, 0.15) is 5.56 Å². The molecule has 2 rings (SSSR count). The number of primary amides is 1. The molecule has 2 aromatic carbocycles. The van der Waals surface area contributed by atoms with E-state index in [0.29, 0.717) is 16.3 Å². The Bertz CT molecular complexity index is 834. The SMILES string of the molecule is NC(=O)COc1ccc(/C=N\NS(=O)(=O)c2ccc(Cl)cc2)cc1. The zero-order valence-corrected chi connectivity index (χ0v) is 13.9. The first-order chi connectivity index (χ1) is 11.4. The Morgan fingerprint density at radius 2 is 1.79 bits per heavy atom. The number of hydrogen-bond acceptors (Lipinski definition) is 5. The van der Waals surface area contributed by atoms with Crippen LogP contribution in [0.4, 0.5) is 0 Å². The van der Waals surface area contributed by atoms with E-state index in [1.54, 1.807) is 24.3 Å². The summed E-state index contributed by atoms with van der Waals surface area (Å²) in [5, 5.41) is 4.15. The number of hydrazone groups is 1. The molecule has 0 spiro atoms. The van der Waals surface area contributed by atoms with Crippen molar-refractivity contribution in [1.82, 2.24) is 4.83 Å². The number of carbonyl (C=O) groups is 1. The number of nitrogens with one attached hydrogen (secondary N) is 1. The van der Waals surface area contributed by atoms with Crippen molar-refractivity contribution in [1.29, 1.82) is 0 Å². The zero-order chi connectivity index (χ0) is 17.6. The first-order valence-corrected chi connectivity index (χ1v) is 8.54. The van der Waals surface area contributed by atoms with E-state index in [2.05, 4.69) is 9.93 Å². The van der Waals surface area contributed by atoms with E-state index in [1.165, 1.54) is 30.5 Å². The van der Waals surface area contributed by atoms with Gasteiger partial charge in [-0.2, -0.15) is 13.5 Å². The molecule has 0 fully saturated rings. The lowest BCUT2D eigenvalue weighted by molar-refractivity contribution is -0.119. The molecule has 9 heteroatoms. The van der Waals surface area contributed by atoms with E-state index in [4.69, 9.17) is 22.1 Å². The molecule has 3 N–H and O–H groups in total. The third-order valence-electron chi connectivity index (χ3n) is 2.77. The molecule has 126 valence electrons. The Kier molecular flexibility index (Phi) is 5.78. The van der Waals surface area contributed by atoms with Crippen molar-refractivity contribution in [2.45, 2.75) is 4.90 Å². The predicted octanol–water partition coefficient (Wildman–Crippen LogP) is 1.52. The average Bonchev–Trinajstić information content (AvgIpc) is 2.54. The molecule has 0 aliphatic rings. The quantitative estimate of drug-likeness (QED) is 0.570. The number of nitrogens with zero attached hydrogens (tertiary/aromatic N) is 1. The second-order valence-electron chi connectivity index (χ2n) is 4.63. The first kappa shape index (κ1) is 17.8. The van der Waals surface area contributed by atoms with Gasteiger partial charge in [0.1, 0.15) is 5.75 Å². The molecule has 0 aliphatic carbocycles. The van der Waals surface area contributed by atoms with Crippen molar-refractivity contribution < 1.29 is 17.9 Å². The summed E-state index contributed by atoms with van der Waals surface area (Å²) < 4.78 is 29.1. The standard InChI is InChI=1S/C15H14ClN3O4S/c16-12-3-7-14(8-4-12)24(21,22)19-18-9-11-1-5-13(6-2-11)23-10-15(17)20/h1-9,19H,10H2,(H2,17,20)/b18-9-. The molecular formula is C15H14ClN3O4S. The summed E-state index contributed by atoms with van der Waals surface area (Å²) in [6, 6.07) is 12.2. The number of carbonyl (C=O) groups excluding carboxylic acids is 1. The van der Waals surface area contributed by atoms with Crippen LogP contribution in [0.2, 0.25) is 5.02 Å². The predicted molar refractivity (Wildman–Crippen MR) is 90.5 cm³/mol. The highest BCUT2D eigenvalue weighted by molar-refractivity contribution is 7.89. The maximum atomic E-state index is 12.0. The average molecular weight is 368 g/mol. The second kappa shape index (κ2) is 7.80. The Balaban J connectivity index is 1.98. The number of rotatable bonds is 7. The molecular weight excluding hydrogens is 354 g/mol. The Morgan fingerprint density at radius 1 is 1.17 bits per heavy atom. The summed E-state index contributed by atoms with van der Waals surface area (Å²) in [7, 11) is -3.76. The molecule has 0 bridgehead atoms. The normalized spacial score (nSPS) is 11.4. The van der Waals surface area contributed by atoms with E-state index in [-0.39, 0.29) is 11.5 Å². The summed E-state index contributed by atoms with van der Waals surface area (Å²) in [5.74, 6) is -0.107. The van der Waals surface area contributed by atoms with Gasteiger partial charge in [0.05, 0.1) is 11.1 Å². The minimum Gasteiger partial charge on any atom is -0.484 e. The van der Waals surface area contributed by atoms with Crippen LogP contribution in [0, 0.1) is 0 Å². The molecule has 0 heterocycles. The number of benzene rings is 2. The maximum Gasteiger partial charge on any atom is 0.276 e. The third kappa shape index (κ3) is 5.25. The van der Waals surface area contributed by atoms with Gasteiger partial charge in [0.2, 0.25) is 0 Å². The monoisotopic (exact) mass is 367 g/mol. The molecule has 0 radical (unpaired) electrons. The van der Waals surface area contributed by atoms with Crippen LogP contribution < -0.4 is 15.3 Å². The van der Waals surface area contributed by atoms with Gasteiger partial charge in [-0.05, 0) is 54.1 Å². The lowest BCUT2D eigenvalue weighted by Crippen LogP contribution is -2.20. The molecule has 0 saturated heterocycles. The lowest BCUT2D eigenvalue weighted by atomic mass is 10.2. The summed E-state index contributed by atoms with van der Waals surface area (Å²) in [6.45, 7) is -0.214.